The van der Waals surface area contributed by atoms with Crippen LogP contribution in [0.5, 0.6) is 5.75 Å². The van der Waals surface area contributed by atoms with E-state index >= 15 is 0 Å². The summed E-state index contributed by atoms with van der Waals surface area (Å²) in [5.41, 5.74) is 2.27. The molecule has 0 spiro atoms. The summed E-state index contributed by atoms with van der Waals surface area (Å²) >= 11 is 0. The highest BCUT2D eigenvalue weighted by atomic mass is 16.5. The van der Waals surface area contributed by atoms with Gasteiger partial charge in [0, 0.05) is 25.0 Å². The molecule has 2 rings (SSSR count). The highest BCUT2D eigenvalue weighted by Gasteiger charge is 2.11. The first-order valence-electron chi connectivity index (χ1n) is 8.33. The van der Waals surface area contributed by atoms with E-state index in [2.05, 4.69) is 29.0 Å². The zero-order valence-electron chi connectivity index (χ0n) is 14.6. The van der Waals surface area contributed by atoms with E-state index < -0.39 is 0 Å². The third-order valence-corrected chi connectivity index (χ3v) is 3.69. The third kappa shape index (κ3) is 4.72. The predicted molar refractivity (Wildman–Crippen MR) is 98.0 cm³/mol. The number of hydrogen-bond acceptors (Lipinski definition) is 4. The molecule has 0 unspecified atom stereocenters. The maximum Gasteiger partial charge on any atom is 0.257 e. The monoisotopic (exact) mass is 327 g/mol. The van der Waals surface area contributed by atoms with E-state index in [1.807, 2.05) is 36.5 Å². The first-order chi connectivity index (χ1) is 11.7. The van der Waals surface area contributed by atoms with E-state index in [0.29, 0.717) is 5.56 Å². The number of anilines is 2. The van der Waals surface area contributed by atoms with Gasteiger partial charge in [0.1, 0.15) is 5.75 Å². The number of nitrogens with one attached hydrogen (secondary N) is 1. The number of nitrogens with zero attached hydrogens (tertiary/aromatic N) is 2. The van der Waals surface area contributed by atoms with Gasteiger partial charge in [-0.15, -0.1) is 0 Å². The van der Waals surface area contributed by atoms with Gasteiger partial charge < -0.3 is 15.0 Å². The van der Waals surface area contributed by atoms with Gasteiger partial charge in [-0.2, -0.15) is 0 Å². The second-order valence-electron chi connectivity index (χ2n) is 5.60. The molecule has 1 aromatic heterocycles. The number of aromatic nitrogens is 1. The van der Waals surface area contributed by atoms with Crippen LogP contribution in [0.4, 0.5) is 11.4 Å². The van der Waals surface area contributed by atoms with Gasteiger partial charge in [-0.05, 0) is 43.2 Å². The number of rotatable bonds is 8. The molecule has 0 bridgehead atoms. The van der Waals surface area contributed by atoms with Gasteiger partial charge in [0.2, 0.25) is 0 Å². The van der Waals surface area contributed by atoms with Crippen molar-refractivity contribution in [3.05, 3.63) is 48.3 Å². The van der Waals surface area contributed by atoms with Crippen LogP contribution in [0, 0.1) is 0 Å². The van der Waals surface area contributed by atoms with Gasteiger partial charge >= 0.3 is 0 Å². The maximum atomic E-state index is 12.5. The van der Waals surface area contributed by atoms with Crippen molar-refractivity contribution in [2.24, 2.45) is 0 Å². The Hall–Kier alpha value is -2.56. The summed E-state index contributed by atoms with van der Waals surface area (Å²) in [6.07, 6.45) is 5.53. The topological polar surface area (TPSA) is 54.5 Å². The molecule has 0 fully saturated rings. The molecule has 0 saturated carbocycles. The lowest BCUT2D eigenvalue weighted by molar-refractivity contribution is 0.102. The van der Waals surface area contributed by atoms with Crippen LogP contribution in [0.15, 0.2) is 42.7 Å². The molecule has 0 atom stereocenters. The summed E-state index contributed by atoms with van der Waals surface area (Å²) in [4.78, 5) is 19.0. The largest absolute Gasteiger partial charge is 0.497 e. The molecule has 2 aromatic rings. The number of ether oxygens (including phenoxy) is 1. The van der Waals surface area contributed by atoms with Crippen LogP contribution in [0.25, 0.3) is 0 Å². The number of carbonyl (C=O) groups is 1. The van der Waals surface area contributed by atoms with Crippen LogP contribution in [0.3, 0.4) is 0 Å². The zero-order valence-corrected chi connectivity index (χ0v) is 14.6. The molecule has 0 aliphatic rings. The van der Waals surface area contributed by atoms with Crippen molar-refractivity contribution in [2.75, 3.05) is 30.4 Å². The summed E-state index contributed by atoms with van der Waals surface area (Å²) in [5, 5.41) is 2.89. The summed E-state index contributed by atoms with van der Waals surface area (Å²) in [5.74, 6) is 0.592. The number of hydrogen-bond donors (Lipinski definition) is 1. The second-order valence-corrected chi connectivity index (χ2v) is 5.60. The van der Waals surface area contributed by atoms with E-state index in [9.17, 15) is 4.79 Å². The van der Waals surface area contributed by atoms with Crippen molar-refractivity contribution in [1.29, 1.82) is 0 Å². The van der Waals surface area contributed by atoms with Crippen LogP contribution in [0.1, 0.15) is 37.0 Å². The highest BCUT2D eigenvalue weighted by molar-refractivity contribution is 6.04. The van der Waals surface area contributed by atoms with Gasteiger partial charge in [-0.25, -0.2) is 0 Å². The Morgan fingerprint density at radius 1 is 1.12 bits per heavy atom. The van der Waals surface area contributed by atoms with Crippen molar-refractivity contribution in [1.82, 2.24) is 4.98 Å². The van der Waals surface area contributed by atoms with Gasteiger partial charge in [0.05, 0.1) is 24.6 Å². The van der Waals surface area contributed by atoms with Crippen molar-refractivity contribution in [3.8, 4) is 5.75 Å². The quantitative estimate of drug-likeness (QED) is 0.797. The lowest BCUT2D eigenvalue weighted by Gasteiger charge is -2.23. The van der Waals surface area contributed by atoms with Gasteiger partial charge in [-0.3, -0.25) is 9.78 Å². The highest BCUT2D eigenvalue weighted by Crippen LogP contribution is 2.18. The van der Waals surface area contributed by atoms with Gasteiger partial charge in [0.15, 0.2) is 0 Å². The summed E-state index contributed by atoms with van der Waals surface area (Å²) in [6.45, 7) is 6.21. The Labute approximate surface area is 143 Å². The summed E-state index contributed by atoms with van der Waals surface area (Å²) in [7, 11) is 1.61. The van der Waals surface area contributed by atoms with Crippen molar-refractivity contribution in [2.45, 2.75) is 26.7 Å². The minimum Gasteiger partial charge on any atom is -0.497 e. The molecule has 0 saturated heterocycles. The number of pyridine rings is 1. The average molecular weight is 327 g/mol. The number of amides is 1. The minimum absolute atomic E-state index is 0.164. The van der Waals surface area contributed by atoms with Crippen molar-refractivity contribution in [3.63, 3.8) is 0 Å². The fourth-order valence-electron chi connectivity index (χ4n) is 2.51. The van der Waals surface area contributed by atoms with Crippen molar-refractivity contribution < 1.29 is 9.53 Å². The molecule has 1 amide bonds. The summed E-state index contributed by atoms with van der Waals surface area (Å²) in [6, 6.07) is 9.16. The number of carbonyl (C=O) groups excluding carboxylic acids is 1. The van der Waals surface area contributed by atoms with Crippen LogP contribution in [-0.4, -0.2) is 31.1 Å². The molecule has 0 aliphatic carbocycles. The number of benzene rings is 1. The fourth-order valence-corrected chi connectivity index (χ4v) is 2.51. The van der Waals surface area contributed by atoms with E-state index in [-0.39, 0.29) is 5.91 Å². The van der Waals surface area contributed by atoms with Crippen LogP contribution >= 0.6 is 0 Å². The Morgan fingerprint density at radius 2 is 1.79 bits per heavy atom. The van der Waals surface area contributed by atoms with Crippen molar-refractivity contribution >= 4 is 17.3 Å². The summed E-state index contributed by atoms with van der Waals surface area (Å²) < 4.78 is 5.12. The van der Waals surface area contributed by atoms with E-state index in [1.165, 1.54) is 0 Å². The molecular weight excluding hydrogens is 302 g/mol. The molecule has 0 radical (unpaired) electrons. The molecule has 128 valence electrons. The van der Waals surface area contributed by atoms with E-state index in [0.717, 1.165) is 43.1 Å². The van der Waals surface area contributed by atoms with E-state index in [4.69, 9.17) is 4.74 Å². The SMILES string of the molecule is CCCN(CCC)c1cncc(C(=O)Nc2ccc(OC)cc2)c1. The lowest BCUT2D eigenvalue weighted by atomic mass is 10.2. The Morgan fingerprint density at radius 3 is 2.38 bits per heavy atom. The molecule has 1 aromatic carbocycles. The lowest BCUT2D eigenvalue weighted by Crippen LogP contribution is -2.25. The maximum absolute atomic E-state index is 12.5. The van der Waals surface area contributed by atoms with E-state index in [1.54, 1.807) is 13.3 Å². The zero-order chi connectivity index (χ0) is 17.4. The first-order valence-corrected chi connectivity index (χ1v) is 8.33. The van der Waals surface area contributed by atoms with Gasteiger partial charge in [-0.1, -0.05) is 13.8 Å². The normalized spacial score (nSPS) is 10.3. The van der Waals surface area contributed by atoms with Crippen LogP contribution < -0.4 is 15.0 Å². The Kier molecular flexibility index (Phi) is 6.61. The molecule has 24 heavy (non-hydrogen) atoms. The smallest absolute Gasteiger partial charge is 0.257 e. The Bertz CT molecular complexity index is 650. The van der Waals surface area contributed by atoms with Crippen LogP contribution in [-0.2, 0) is 0 Å². The fraction of sp³-hybridized carbons (Fsp3) is 0.368. The van der Waals surface area contributed by atoms with Crippen LogP contribution in [0.2, 0.25) is 0 Å². The predicted octanol–water partition coefficient (Wildman–Crippen LogP) is 3.97. The number of methoxy groups -OCH3 is 1. The second kappa shape index (κ2) is 8.91. The molecule has 1 heterocycles. The molecule has 0 aliphatic heterocycles. The third-order valence-electron chi connectivity index (χ3n) is 3.69. The minimum atomic E-state index is -0.164. The standard InChI is InChI=1S/C19H25N3O2/c1-4-10-22(11-5-2)17-12-15(13-20-14-17)19(23)21-16-6-8-18(24-3)9-7-16/h6-9,12-14H,4-5,10-11H2,1-3H3,(H,21,23). The molecular formula is C19H25N3O2. The molecule has 5 heteroatoms. The average Bonchev–Trinajstić information content (AvgIpc) is 2.62. The van der Waals surface area contributed by atoms with Gasteiger partial charge in [0.25, 0.3) is 5.91 Å². The Balaban J connectivity index is 2.12. The molecule has 1 N–H and O–H groups in total. The molecule has 5 nitrogen and oxygen atoms in total. The first kappa shape index (κ1) is 17.8.